The molecule has 1 aromatic carbocycles. The zero-order valence-electron chi connectivity index (χ0n) is 21.5. The monoisotopic (exact) mass is 559 g/mol. The second-order valence-electron chi connectivity index (χ2n) is 9.04. The first-order valence-electron chi connectivity index (χ1n) is 12.4. The molecule has 1 aromatic heterocycles. The van der Waals surface area contributed by atoms with E-state index in [-0.39, 0.29) is 32.1 Å². The van der Waals surface area contributed by atoms with Crippen molar-refractivity contribution in [1.82, 2.24) is 25.9 Å². The maximum Gasteiger partial charge on any atom is 0.326 e. The molecule has 0 spiro atoms. The molecule has 15 heteroatoms. The van der Waals surface area contributed by atoms with Gasteiger partial charge >= 0.3 is 11.9 Å². The Morgan fingerprint density at radius 3 is 2.00 bits per heavy atom. The SMILES string of the molecule is NC(=O)CCC(NC(=O)C(CCC(=O)O)NC(=O)C(Cc1cnc[nH]1)NC(=O)C(N)Cc1ccccc1)C(=O)O. The molecule has 0 saturated heterocycles. The van der Waals surface area contributed by atoms with Gasteiger partial charge in [0.05, 0.1) is 12.4 Å². The van der Waals surface area contributed by atoms with Crippen molar-refractivity contribution in [1.29, 1.82) is 0 Å². The molecule has 4 atom stereocenters. The average Bonchev–Trinajstić information content (AvgIpc) is 3.41. The first-order chi connectivity index (χ1) is 19.0. The summed E-state index contributed by atoms with van der Waals surface area (Å²) >= 11 is 0. The summed E-state index contributed by atoms with van der Waals surface area (Å²) in [6.07, 6.45) is 1.37. The Morgan fingerprint density at radius 1 is 0.825 bits per heavy atom. The molecule has 0 radical (unpaired) electrons. The molecule has 15 nitrogen and oxygen atoms in total. The number of primary amides is 1. The number of aromatic nitrogens is 2. The van der Waals surface area contributed by atoms with E-state index in [2.05, 4.69) is 25.9 Å². The number of benzene rings is 1. The molecule has 2 rings (SSSR count). The van der Waals surface area contributed by atoms with Gasteiger partial charge in [-0.2, -0.15) is 0 Å². The van der Waals surface area contributed by atoms with E-state index in [1.807, 2.05) is 6.07 Å². The van der Waals surface area contributed by atoms with E-state index in [1.165, 1.54) is 12.5 Å². The number of carbonyl (C=O) groups is 6. The number of carboxylic acid groups (broad SMARTS) is 2. The van der Waals surface area contributed by atoms with Crippen LogP contribution in [0.25, 0.3) is 0 Å². The summed E-state index contributed by atoms with van der Waals surface area (Å²) in [4.78, 5) is 79.5. The van der Waals surface area contributed by atoms with Gasteiger partial charge in [0, 0.05) is 31.2 Å². The summed E-state index contributed by atoms with van der Waals surface area (Å²) in [6.45, 7) is 0. The largest absolute Gasteiger partial charge is 0.481 e. The number of carbonyl (C=O) groups excluding carboxylic acids is 4. The van der Waals surface area contributed by atoms with Crippen LogP contribution >= 0.6 is 0 Å². The third-order valence-corrected chi connectivity index (χ3v) is 5.82. The summed E-state index contributed by atoms with van der Waals surface area (Å²) < 4.78 is 0. The first kappa shape index (κ1) is 31.4. The molecule has 0 saturated carbocycles. The minimum Gasteiger partial charge on any atom is -0.481 e. The number of aliphatic carboxylic acids is 2. The number of hydrogen-bond donors (Lipinski definition) is 8. The molecule has 40 heavy (non-hydrogen) atoms. The molecule has 216 valence electrons. The third kappa shape index (κ3) is 10.9. The molecule has 0 bridgehead atoms. The van der Waals surface area contributed by atoms with Gasteiger partial charge in [-0.15, -0.1) is 0 Å². The van der Waals surface area contributed by atoms with E-state index in [4.69, 9.17) is 16.6 Å². The van der Waals surface area contributed by atoms with Crippen molar-refractivity contribution in [2.45, 2.75) is 62.7 Å². The number of rotatable bonds is 17. The smallest absolute Gasteiger partial charge is 0.326 e. The van der Waals surface area contributed by atoms with Gasteiger partial charge in [0.1, 0.15) is 18.1 Å². The second-order valence-corrected chi connectivity index (χ2v) is 9.04. The molecule has 0 fully saturated rings. The van der Waals surface area contributed by atoms with Crippen molar-refractivity contribution < 1.29 is 39.0 Å². The topological polar surface area (TPSA) is 260 Å². The number of H-pyrrole nitrogens is 1. The van der Waals surface area contributed by atoms with Crippen molar-refractivity contribution >= 4 is 35.6 Å². The summed E-state index contributed by atoms with van der Waals surface area (Å²) in [5, 5.41) is 25.6. The molecular formula is C25H33N7O8. The molecule has 0 aliphatic heterocycles. The van der Waals surface area contributed by atoms with Gasteiger partial charge in [-0.3, -0.25) is 24.0 Å². The van der Waals surface area contributed by atoms with Crippen LogP contribution in [0.2, 0.25) is 0 Å². The fourth-order valence-corrected chi connectivity index (χ4v) is 3.69. The van der Waals surface area contributed by atoms with Crippen LogP contribution in [-0.4, -0.2) is 79.9 Å². The summed E-state index contributed by atoms with van der Waals surface area (Å²) in [6, 6.07) is 3.74. The fraction of sp³-hybridized carbons (Fsp3) is 0.400. The van der Waals surface area contributed by atoms with Crippen LogP contribution in [0.1, 0.15) is 36.9 Å². The van der Waals surface area contributed by atoms with Gasteiger partial charge in [0.15, 0.2) is 0 Å². The number of imidazole rings is 1. The predicted octanol–water partition coefficient (Wildman–Crippen LogP) is -1.81. The molecule has 4 unspecified atom stereocenters. The summed E-state index contributed by atoms with van der Waals surface area (Å²) in [5.74, 6) is -5.96. The Balaban J connectivity index is 2.18. The Labute approximate surface area is 229 Å². The second kappa shape index (κ2) is 15.6. The Bertz CT molecular complexity index is 1170. The minimum absolute atomic E-state index is 0.0702. The van der Waals surface area contributed by atoms with E-state index in [1.54, 1.807) is 24.3 Å². The molecule has 1 heterocycles. The molecule has 4 amide bonds. The van der Waals surface area contributed by atoms with E-state index >= 15 is 0 Å². The molecule has 10 N–H and O–H groups in total. The maximum absolute atomic E-state index is 13.3. The number of carboxylic acids is 2. The molecule has 0 aliphatic carbocycles. The zero-order chi connectivity index (χ0) is 29.7. The van der Waals surface area contributed by atoms with Gasteiger partial charge in [-0.1, -0.05) is 30.3 Å². The Morgan fingerprint density at radius 2 is 1.43 bits per heavy atom. The van der Waals surface area contributed by atoms with Crippen molar-refractivity contribution in [3.63, 3.8) is 0 Å². The van der Waals surface area contributed by atoms with Crippen LogP contribution in [0, 0.1) is 0 Å². The van der Waals surface area contributed by atoms with Crippen molar-refractivity contribution in [2.75, 3.05) is 0 Å². The van der Waals surface area contributed by atoms with Crippen LogP contribution in [0.4, 0.5) is 0 Å². The van der Waals surface area contributed by atoms with Crippen molar-refractivity contribution in [3.8, 4) is 0 Å². The highest BCUT2D eigenvalue weighted by molar-refractivity contribution is 5.94. The van der Waals surface area contributed by atoms with Crippen LogP contribution in [0.5, 0.6) is 0 Å². The number of hydrogen-bond acceptors (Lipinski definition) is 8. The average molecular weight is 560 g/mol. The first-order valence-corrected chi connectivity index (χ1v) is 12.4. The Hall–Kier alpha value is -4.79. The lowest BCUT2D eigenvalue weighted by Crippen LogP contribution is -2.58. The number of nitrogens with one attached hydrogen (secondary N) is 4. The Kier molecular flexibility index (Phi) is 12.2. The van der Waals surface area contributed by atoms with E-state index < -0.39 is 66.2 Å². The summed E-state index contributed by atoms with van der Waals surface area (Å²) in [7, 11) is 0. The standard InChI is InChI=1S/C25H33N7O8/c26-16(10-14-4-2-1-3-5-14)22(36)32-19(11-15-12-28-13-29-15)24(38)30-17(7-9-21(34)35)23(37)31-18(25(39)40)6-8-20(27)33/h1-5,12-13,16-19H,6-11,26H2,(H2,27,33)(H,28,29)(H,30,38)(H,31,37)(H,32,36)(H,34,35)(H,39,40). The maximum atomic E-state index is 13.3. The van der Waals surface area contributed by atoms with E-state index in [0.29, 0.717) is 5.69 Å². The van der Waals surface area contributed by atoms with Gasteiger partial charge in [-0.25, -0.2) is 9.78 Å². The van der Waals surface area contributed by atoms with Gasteiger partial charge in [0.25, 0.3) is 0 Å². The number of amides is 4. The quantitative estimate of drug-likeness (QED) is 0.108. The molecule has 0 aliphatic rings. The molecule has 2 aromatic rings. The minimum atomic E-state index is -1.51. The van der Waals surface area contributed by atoms with Gasteiger partial charge in [-0.05, 0) is 24.8 Å². The highest BCUT2D eigenvalue weighted by Crippen LogP contribution is 2.07. The van der Waals surface area contributed by atoms with E-state index in [9.17, 15) is 33.9 Å². The van der Waals surface area contributed by atoms with Gasteiger partial charge in [0.2, 0.25) is 23.6 Å². The number of nitrogens with zero attached hydrogens (tertiary/aromatic N) is 1. The highest BCUT2D eigenvalue weighted by atomic mass is 16.4. The van der Waals surface area contributed by atoms with Gasteiger partial charge < -0.3 is 42.6 Å². The van der Waals surface area contributed by atoms with Crippen LogP contribution < -0.4 is 27.4 Å². The van der Waals surface area contributed by atoms with E-state index in [0.717, 1.165) is 5.56 Å². The van der Waals surface area contributed by atoms with Crippen molar-refractivity contribution in [2.24, 2.45) is 11.5 Å². The summed E-state index contributed by atoms with van der Waals surface area (Å²) in [5.41, 5.74) is 12.4. The van der Waals surface area contributed by atoms with Crippen molar-refractivity contribution in [3.05, 3.63) is 54.1 Å². The normalized spacial score (nSPS) is 13.7. The number of aromatic amines is 1. The van der Waals surface area contributed by atoms with Crippen LogP contribution in [-0.2, 0) is 41.6 Å². The predicted molar refractivity (Wildman–Crippen MR) is 139 cm³/mol. The highest BCUT2D eigenvalue weighted by Gasteiger charge is 2.31. The third-order valence-electron chi connectivity index (χ3n) is 5.82. The molecular weight excluding hydrogens is 526 g/mol. The zero-order valence-corrected chi connectivity index (χ0v) is 21.5. The van der Waals surface area contributed by atoms with Crippen LogP contribution in [0.3, 0.4) is 0 Å². The lowest BCUT2D eigenvalue weighted by Gasteiger charge is -2.25. The number of nitrogens with two attached hydrogens (primary N) is 2. The lowest BCUT2D eigenvalue weighted by atomic mass is 10.0. The lowest BCUT2D eigenvalue weighted by molar-refractivity contribution is -0.143. The van der Waals surface area contributed by atoms with Crippen LogP contribution in [0.15, 0.2) is 42.9 Å². The fourth-order valence-electron chi connectivity index (χ4n) is 3.69.